The van der Waals surface area contributed by atoms with E-state index in [9.17, 15) is 0 Å². The van der Waals surface area contributed by atoms with Gasteiger partial charge in [0.15, 0.2) is 5.96 Å². The molecule has 5 nitrogen and oxygen atoms in total. The molecule has 1 aromatic carbocycles. The van der Waals surface area contributed by atoms with E-state index in [1.54, 1.807) is 0 Å². The van der Waals surface area contributed by atoms with Crippen LogP contribution in [0.2, 0.25) is 0 Å². The van der Waals surface area contributed by atoms with E-state index in [0.717, 1.165) is 51.8 Å². The fraction of sp³-hybridized carbons (Fsp3) is 0.526. The van der Waals surface area contributed by atoms with E-state index >= 15 is 0 Å². The Morgan fingerprint density at radius 1 is 1.12 bits per heavy atom. The summed E-state index contributed by atoms with van der Waals surface area (Å²) in [5.41, 5.74) is 2.61. The van der Waals surface area contributed by atoms with Gasteiger partial charge in [0.05, 0.1) is 6.54 Å². The average molecular weight is 329 g/mol. The maximum absolute atomic E-state index is 4.61. The van der Waals surface area contributed by atoms with Crippen LogP contribution in [0.4, 0.5) is 0 Å². The number of likely N-dealkylation sites (N-methyl/N-ethyl adjacent to an activating group) is 1. The van der Waals surface area contributed by atoms with Gasteiger partial charge in [-0.3, -0.25) is 4.90 Å². The Labute approximate surface area is 146 Å². The van der Waals surface area contributed by atoms with E-state index in [0.29, 0.717) is 6.54 Å². The van der Waals surface area contributed by atoms with Crippen molar-refractivity contribution in [1.82, 2.24) is 20.4 Å². The van der Waals surface area contributed by atoms with Crippen LogP contribution in [0.5, 0.6) is 0 Å². The van der Waals surface area contributed by atoms with E-state index in [1.807, 2.05) is 6.08 Å². The van der Waals surface area contributed by atoms with E-state index in [4.69, 9.17) is 0 Å². The maximum atomic E-state index is 4.61. The highest BCUT2D eigenvalue weighted by atomic mass is 15.2. The molecule has 0 aromatic heterocycles. The minimum Gasteiger partial charge on any atom is -0.357 e. The molecule has 24 heavy (non-hydrogen) atoms. The minimum atomic E-state index is 0.682. The lowest BCUT2D eigenvalue weighted by Crippen LogP contribution is -2.43. The van der Waals surface area contributed by atoms with Crippen LogP contribution in [0.25, 0.3) is 0 Å². The number of piperazine rings is 1. The molecule has 0 unspecified atom stereocenters. The highest BCUT2D eigenvalue weighted by Gasteiger charge is 2.13. The summed E-state index contributed by atoms with van der Waals surface area (Å²) in [6.45, 7) is 13.7. The number of hydrogen-bond acceptors (Lipinski definition) is 3. The standard InChI is InChI=1S/C19H31N5/c1-4-10-21-19(20-5-2)22-15-17-6-8-18(9-7-17)16-24-13-11-23(3)12-14-24/h4,6-9H,1,5,10-16H2,2-3H3,(H2,20,21,22). The van der Waals surface area contributed by atoms with Gasteiger partial charge in [-0.25, -0.2) is 4.99 Å². The second-order valence-corrected chi connectivity index (χ2v) is 6.26. The Morgan fingerprint density at radius 2 is 1.79 bits per heavy atom. The zero-order valence-electron chi connectivity index (χ0n) is 15.1. The van der Waals surface area contributed by atoms with Crippen LogP contribution in [0.15, 0.2) is 41.9 Å². The second kappa shape index (κ2) is 10.1. The van der Waals surface area contributed by atoms with Crippen LogP contribution in [0.3, 0.4) is 0 Å². The van der Waals surface area contributed by atoms with Crippen molar-refractivity contribution in [2.45, 2.75) is 20.0 Å². The maximum Gasteiger partial charge on any atom is 0.191 e. The summed E-state index contributed by atoms with van der Waals surface area (Å²) >= 11 is 0. The lowest BCUT2D eigenvalue weighted by molar-refractivity contribution is 0.148. The van der Waals surface area contributed by atoms with Crippen molar-refractivity contribution in [3.63, 3.8) is 0 Å². The molecular weight excluding hydrogens is 298 g/mol. The number of nitrogens with one attached hydrogen (secondary N) is 2. The lowest BCUT2D eigenvalue weighted by Gasteiger charge is -2.32. The summed E-state index contributed by atoms with van der Waals surface area (Å²) in [6, 6.07) is 8.83. The summed E-state index contributed by atoms with van der Waals surface area (Å²) < 4.78 is 0. The number of rotatable bonds is 7. The summed E-state index contributed by atoms with van der Waals surface area (Å²) in [4.78, 5) is 9.52. The Morgan fingerprint density at radius 3 is 2.42 bits per heavy atom. The van der Waals surface area contributed by atoms with Crippen molar-refractivity contribution in [2.24, 2.45) is 4.99 Å². The predicted molar refractivity (Wildman–Crippen MR) is 102 cm³/mol. The number of guanidine groups is 1. The van der Waals surface area contributed by atoms with Crippen LogP contribution in [0.1, 0.15) is 18.1 Å². The summed E-state index contributed by atoms with van der Waals surface area (Å²) in [5, 5.41) is 6.46. The average Bonchev–Trinajstić information content (AvgIpc) is 2.60. The van der Waals surface area contributed by atoms with Gasteiger partial charge in [-0.15, -0.1) is 6.58 Å². The molecule has 132 valence electrons. The van der Waals surface area contributed by atoms with Crippen LogP contribution >= 0.6 is 0 Å². The zero-order chi connectivity index (χ0) is 17.2. The first-order valence-corrected chi connectivity index (χ1v) is 8.83. The molecule has 1 saturated heterocycles. The first-order chi connectivity index (χ1) is 11.7. The third-order valence-corrected chi connectivity index (χ3v) is 4.20. The topological polar surface area (TPSA) is 42.9 Å². The molecule has 0 radical (unpaired) electrons. The van der Waals surface area contributed by atoms with E-state index in [-0.39, 0.29) is 0 Å². The zero-order valence-corrected chi connectivity index (χ0v) is 15.1. The fourth-order valence-electron chi connectivity index (χ4n) is 2.70. The largest absolute Gasteiger partial charge is 0.357 e. The molecule has 2 N–H and O–H groups in total. The lowest BCUT2D eigenvalue weighted by atomic mass is 10.1. The number of benzene rings is 1. The Kier molecular flexibility index (Phi) is 7.79. The molecule has 0 spiro atoms. The molecule has 0 atom stereocenters. The van der Waals surface area contributed by atoms with Crippen LogP contribution in [0, 0.1) is 0 Å². The highest BCUT2D eigenvalue weighted by molar-refractivity contribution is 5.79. The molecular formula is C19H31N5. The number of aliphatic imine (C=N–C) groups is 1. The van der Waals surface area contributed by atoms with Crippen LogP contribution in [-0.4, -0.2) is 62.1 Å². The van der Waals surface area contributed by atoms with Gasteiger partial charge < -0.3 is 15.5 Å². The Bertz CT molecular complexity index is 515. The molecule has 1 aliphatic rings. The first-order valence-electron chi connectivity index (χ1n) is 8.83. The smallest absolute Gasteiger partial charge is 0.191 e. The third kappa shape index (κ3) is 6.34. The van der Waals surface area contributed by atoms with Crippen molar-refractivity contribution >= 4 is 5.96 Å². The van der Waals surface area contributed by atoms with Gasteiger partial charge in [0, 0.05) is 45.8 Å². The van der Waals surface area contributed by atoms with Gasteiger partial charge in [-0.2, -0.15) is 0 Å². The van der Waals surface area contributed by atoms with Crippen molar-refractivity contribution < 1.29 is 0 Å². The summed E-state index contributed by atoms with van der Waals surface area (Å²) in [6.07, 6.45) is 1.83. The van der Waals surface area contributed by atoms with Gasteiger partial charge >= 0.3 is 0 Å². The predicted octanol–water partition coefficient (Wildman–Crippen LogP) is 1.68. The van der Waals surface area contributed by atoms with E-state index in [1.165, 1.54) is 11.1 Å². The molecule has 2 rings (SSSR count). The van der Waals surface area contributed by atoms with E-state index < -0.39 is 0 Å². The normalized spacial score (nSPS) is 16.8. The van der Waals surface area contributed by atoms with Crippen LogP contribution < -0.4 is 10.6 Å². The van der Waals surface area contributed by atoms with Gasteiger partial charge in [0.2, 0.25) is 0 Å². The van der Waals surface area contributed by atoms with E-state index in [2.05, 4.69) is 70.2 Å². The Balaban J connectivity index is 1.85. The molecule has 1 aromatic rings. The molecule has 1 fully saturated rings. The molecule has 1 heterocycles. The molecule has 0 saturated carbocycles. The molecule has 1 aliphatic heterocycles. The van der Waals surface area contributed by atoms with Gasteiger partial charge in [-0.05, 0) is 25.1 Å². The van der Waals surface area contributed by atoms with Crippen molar-refractivity contribution in [1.29, 1.82) is 0 Å². The monoisotopic (exact) mass is 329 g/mol. The Hall–Kier alpha value is -1.85. The molecule has 0 amide bonds. The third-order valence-electron chi connectivity index (χ3n) is 4.20. The number of nitrogens with zero attached hydrogens (tertiary/aromatic N) is 3. The van der Waals surface area contributed by atoms with Crippen molar-refractivity contribution in [3.05, 3.63) is 48.0 Å². The molecule has 0 aliphatic carbocycles. The molecule has 0 bridgehead atoms. The summed E-state index contributed by atoms with van der Waals surface area (Å²) in [5.74, 6) is 0.832. The van der Waals surface area contributed by atoms with Crippen molar-refractivity contribution in [2.75, 3.05) is 46.3 Å². The van der Waals surface area contributed by atoms with Gasteiger partial charge in [0.1, 0.15) is 0 Å². The van der Waals surface area contributed by atoms with Crippen LogP contribution in [-0.2, 0) is 13.1 Å². The fourth-order valence-corrected chi connectivity index (χ4v) is 2.70. The SMILES string of the molecule is C=CCNC(=NCc1ccc(CN2CCN(C)CC2)cc1)NCC. The van der Waals surface area contributed by atoms with Crippen molar-refractivity contribution in [3.8, 4) is 0 Å². The highest BCUT2D eigenvalue weighted by Crippen LogP contribution is 2.10. The van der Waals surface area contributed by atoms with Gasteiger partial charge in [0.25, 0.3) is 0 Å². The van der Waals surface area contributed by atoms with Gasteiger partial charge in [-0.1, -0.05) is 30.3 Å². The minimum absolute atomic E-state index is 0.682. The number of hydrogen-bond donors (Lipinski definition) is 2. The molecule has 5 heteroatoms. The quantitative estimate of drug-likeness (QED) is 0.454. The second-order valence-electron chi connectivity index (χ2n) is 6.26. The first kappa shape index (κ1) is 18.5. The summed E-state index contributed by atoms with van der Waals surface area (Å²) in [7, 11) is 2.19.